The molecule has 8 heteroatoms. The van der Waals surface area contributed by atoms with E-state index in [2.05, 4.69) is 10.6 Å². The fraction of sp³-hybridized carbons (Fsp3) is 0.125. The number of imide groups is 1. The third kappa shape index (κ3) is 4.15. The molecule has 2 aromatic carbocycles. The molecule has 7 nitrogen and oxygen atoms in total. The summed E-state index contributed by atoms with van der Waals surface area (Å²) in [4.78, 5) is 39.2. The summed E-state index contributed by atoms with van der Waals surface area (Å²) in [5, 5.41) is 5.45. The SMILES string of the molecule is Cc1ccc(N2C(=O)C(Cl)=C(Nc3cccc(C(=O)NCc4ccco4)c3)C2=O)cc1C. The maximum absolute atomic E-state index is 13.0. The quantitative estimate of drug-likeness (QED) is 0.548. The molecule has 0 bridgehead atoms. The van der Waals surface area contributed by atoms with Crippen molar-refractivity contribution in [3.05, 3.63) is 94.0 Å². The van der Waals surface area contributed by atoms with Gasteiger partial charge in [-0.05, 0) is 67.4 Å². The van der Waals surface area contributed by atoms with Crippen LogP contribution < -0.4 is 15.5 Å². The van der Waals surface area contributed by atoms with E-state index in [1.165, 1.54) is 6.26 Å². The molecule has 0 atom stereocenters. The Balaban J connectivity index is 1.51. The van der Waals surface area contributed by atoms with Gasteiger partial charge in [0.25, 0.3) is 17.7 Å². The Morgan fingerprint density at radius 3 is 2.53 bits per heavy atom. The average molecular weight is 450 g/mol. The van der Waals surface area contributed by atoms with Crippen LogP contribution in [0.3, 0.4) is 0 Å². The first-order valence-electron chi connectivity index (χ1n) is 9.88. The van der Waals surface area contributed by atoms with Crippen molar-refractivity contribution in [2.75, 3.05) is 10.2 Å². The summed E-state index contributed by atoms with van der Waals surface area (Å²) in [6.07, 6.45) is 1.53. The van der Waals surface area contributed by atoms with Gasteiger partial charge in [-0.2, -0.15) is 0 Å². The molecule has 1 aromatic heterocycles. The molecule has 3 amide bonds. The van der Waals surface area contributed by atoms with Gasteiger partial charge in [-0.15, -0.1) is 0 Å². The molecule has 0 unspecified atom stereocenters. The number of benzene rings is 2. The topological polar surface area (TPSA) is 91.7 Å². The van der Waals surface area contributed by atoms with E-state index >= 15 is 0 Å². The van der Waals surface area contributed by atoms with Crippen molar-refractivity contribution in [1.82, 2.24) is 5.32 Å². The van der Waals surface area contributed by atoms with Crippen LogP contribution in [0.15, 0.2) is 76.0 Å². The molecule has 1 aliphatic heterocycles. The number of nitrogens with one attached hydrogen (secondary N) is 2. The molecule has 3 aromatic rings. The summed E-state index contributed by atoms with van der Waals surface area (Å²) in [5.41, 5.74) is 3.24. The fourth-order valence-corrected chi connectivity index (χ4v) is 3.49. The van der Waals surface area contributed by atoms with Gasteiger partial charge in [0.2, 0.25) is 0 Å². The predicted molar refractivity (Wildman–Crippen MR) is 121 cm³/mol. The van der Waals surface area contributed by atoms with Gasteiger partial charge < -0.3 is 15.1 Å². The number of carbonyl (C=O) groups excluding carboxylic acids is 3. The number of anilines is 2. The zero-order valence-electron chi connectivity index (χ0n) is 17.4. The number of aryl methyl sites for hydroxylation is 2. The van der Waals surface area contributed by atoms with E-state index in [9.17, 15) is 14.4 Å². The van der Waals surface area contributed by atoms with Gasteiger partial charge in [-0.25, -0.2) is 4.90 Å². The minimum absolute atomic E-state index is 0.0389. The summed E-state index contributed by atoms with van der Waals surface area (Å²) < 4.78 is 5.20. The molecule has 0 radical (unpaired) electrons. The van der Waals surface area contributed by atoms with Crippen molar-refractivity contribution in [3.63, 3.8) is 0 Å². The van der Waals surface area contributed by atoms with Gasteiger partial charge in [0.05, 0.1) is 18.5 Å². The Kier molecular flexibility index (Phi) is 5.83. The normalized spacial score (nSPS) is 13.7. The molecule has 2 heterocycles. The highest BCUT2D eigenvalue weighted by atomic mass is 35.5. The van der Waals surface area contributed by atoms with E-state index in [4.69, 9.17) is 16.0 Å². The van der Waals surface area contributed by atoms with Crippen LogP contribution in [0.4, 0.5) is 11.4 Å². The zero-order valence-corrected chi connectivity index (χ0v) is 18.2. The highest BCUT2D eigenvalue weighted by Crippen LogP contribution is 2.31. The molecule has 32 heavy (non-hydrogen) atoms. The van der Waals surface area contributed by atoms with Gasteiger partial charge in [0, 0.05) is 11.3 Å². The Labute approximate surface area is 189 Å². The van der Waals surface area contributed by atoms with E-state index in [1.807, 2.05) is 19.9 Å². The second-order valence-electron chi connectivity index (χ2n) is 7.37. The van der Waals surface area contributed by atoms with Crippen molar-refractivity contribution in [3.8, 4) is 0 Å². The number of nitrogens with zero attached hydrogens (tertiary/aromatic N) is 1. The molecule has 0 saturated carbocycles. The van der Waals surface area contributed by atoms with E-state index in [-0.39, 0.29) is 23.2 Å². The molecule has 0 saturated heterocycles. The van der Waals surface area contributed by atoms with Gasteiger partial charge >= 0.3 is 0 Å². The Morgan fingerprint density at radius 1 is 1.00 bits per heavy atom. The van der Waals surface area contributed by atoms with E-state index in [1.54, 1.807) is 48.5 Å². The first kappa shape index (κ1) is 21.4. The van der Waals surface area contributed by atoms with E-state index in [0.29, 0.717) is 22.7 Å². The van der Waals surface area contributed by atoms with Crippen LogP contribution in [0.1, 0.15) is 27.2 Å². The third-order valence-corrected chi connectivity index (χ3v) is 5.52. The van der Waals surface area contributed by atoms with Crippen LogP contribution in [0.2, 0.25) is 0 Å². The lowest BCUT2D eigenvalue weighted by Gasteiger charge is -2.16. The van der Waals surface area contributed by atoms with Gasteiger partial charge in [0.15, 0.2) is 0 Å². The molecule has 0 spiro atoms. The standard InChI is InChI=1S/C24H20ClN3O4/c1-14-8-9-18(11-15(14)2)28-23(30)20(25)21(24(28)31)27-17-6-3-5-16(12-17)22(29)26-13-19-7-4-10-32-19/h3-12,27H,13H2,1-2H3,(H,26,29). The lowest BCUT2D eigenvalue weighted by Crippen LogP contribution is -2.32. The molecule has 4 rings (SSSR count). The van der Waals surface area contributed by atoms with Gasteiger partial charge in [-0.1, -0.05) is 23.7 Å². The zero-order chi connectivity index (χ0) is 22.8. The Bertz CT molecular complexity index is 1250. The molecular formula is C24H20ClN3O4. The third-order valence-electron chi connectivity index (χ3n) is 5.17. The predicted octanol–water partition coefficient (Wildman–Crippen LogP) is 4.26. The highest BCUT2D eigenvalue weighted by Gasteiger charge is 2.39. The number of hydrogen-bond acceptors (Lipinski definition) is 5. The number of rotatable bonds is 6. The van der Waals surface area contributed by atoms with Crippen molar-refractivity contribution in [2.45, 2.75) is 20.4 Å². The monoisotopic (exact) mass is 449 g/mol. The minimum Gasteiger partial charge on any atom is -0.467 e. The van der Waals surface area contributed by atoms with Gasteiger partial charge in [-0.3, -0.25) is 14.4 Å². The number of carbonyl (C=O) groups is 3. The van der Waals surface area contributed by atoms with Crippen molar-refractivity contribution in [1.29, 1.82) is 0 Å². The number of amides is 3. The lowest BCUT2D eigenvalue weighted by molar-refractivity contribution is -0.120. The maximum Gasteiger partial charge on any atom is 0.283 e. The second kappa shape index (κ2) is 8.72. The van der Waals surface area contributed by atoms with Crippen LogP contribution in [0.5, 0.6) is 0 Å². The van der Waals surface area contributed by atoms with Crippen LogP contribution in [-0.4, -0.2) is 17.7 Å². The molecule has 1 aliphatic rings. The molecule has 162 valence electrons. The first-order chi connectivity index (χ1) is 15.3. The Hall–Kier alpha value is -3.84. The lowest BCUT2D eigenvalue weighted by atomic mass is 10.1. The van der Waals surface area contributed by atoms with Crippen LogP contribution >= 0.6 is 11.6 Å². The summed E-state index contributed by atoms with van der Waals surface area (Å²) in [6, 6.07) is 15.4. The number of hydrogen-bond donors (Lipinski definition) is 2. The van der Waals surface area contributed by atoms with Crippen molar-refractivity contribution < 1.29 is 18.8 Å². The van der Waals surface area contributed by atoms with E-state index in [0.717, 1.165) is 16.0 Å². The largest absolute Gasteiger partial charge is 0.467 e. The number of furan rings is 1. The highest BCUT2D eigenvalue weighted by molar-refractivity contribution is 6.53. The molecule has 2 N–H and O–H groups in total. The summed E-state index contributed by atoms with van der Waals surface area (Å²) in [5.74, 6) is -0.840. The average Bonchev–Trinajstić information content (AvgIpc) is 3.37. The minimum atomic E-state index is -0.602. The smallest absolute Gasteiger partial charge is 0.283 e. The van der Waals surface area contributed by atoms with Crippen molar-refractivity contribution in [2.24, 2.45) is 0 Å². The van der Waals surface area contributed by atoms with Crippen LogP contribution in [-0.2, 0) is 16.1 Å². The first-order valence-corrected chi connectivity index (χ1v) is 10.3. The van der Waals surface area contributed by atoms with Crippen molar-refractivity contribution >= 4 is 40.7 Å². The van der Waals surface area contributed by atoms with Crippen LogP contribution in [0, 0.1) is 13.8 Å². The summed E-state index contributed by atoms with van der Waals surface area (Å²) >= 11 is 6.21. The van der Waals surface area contributed by atoms with Gasteiger partial charge in [0.1, 0.15) is 16.5 Å². The maximum atomic E-state index is 13.0. The van der Waals surface area contributed by atoms with Crippen LogP contribution in [0.25, 0.3) is 0 Å². The summed E-state index contributed by atoms with van der Waals surface area (Å²) in [7, 11) is 0. The Morgan fingerprint density at radius 2 is 1.81 bits per heavy atom. The molecule has 0 fully saturated rings. The fourth-order valence-electron chi connectivity index (χ4n) is 3.28. The molecular weight excluding hydrogens is 430 g/mol. The second-order valence-corrected chi connectivity index (χ2v) is 7.75. The summed E-state index contributed by atoms with van der Waals surface area (Å²) in [6.45, 7) is 4.10. The number of halogens is 1. The molecule has 0 aliphatic carbocycles. The van der Waals surface area contributed by atoms with E-state index < -0.39 is 11.8 Å².